The van der Waals surface area contributed by atoms with Gasteiger partial charge in [-0.15, -0.1) is 0 Å². The van der Waals surface area contributed by atoms with Crippen LogP contribution >= 0.6 is 0 Å². The third-order valence-electron chi connectivity index (χ3n) is 2.16. The highest BCUT2D eigenvalue weighted by Gasteiger charge is 1.94. The molecule has 0 spiro atoms. The summed E-state index contributed by atoms with van der Waals surface area (Å²) in [4.78, 5) is 8.86. The van der Waals surface area contributed by atoms with Gasteiger partial charge in [-0.3, -0.25) is 9.98 Å². The molecule has 0 aliphatic rings. The molecule has 86 valence electrons. The van der Waals surface area contributed by atoms with Crippen molar-refractivity contribution in [2.75, 3.05) is 6.54 Å². The largest absolute Gasteiger partial charge is 0.291 e. The molecule has 0 bridgehead atoms. The molecule has 0 saturated heterocycles. The van der Waals surface area contributed by atoms with Crippen molar-refractivity contribution in [1.29, 1.82) is 0 Å². The van der Waals surface area contributed by atoms with E-state index in [1.54, 1.807) is 0 Å². The summed E-state index contributed by atoms with van der Waals surface area (Å²) >= 11 is 0. The smallest absolute Gasteiger partial charge is 0.0662 e. The minimum atomic E-state index is 0.600. The van der Waals surface area contributed by atoms with Crippen molar-refractivity contribution < 1.29 is 0 Å². The van der Waals surface area contributed by atoms with Crippen LogP contribution in [0.1, 0.15) is 26.3 Å². The zero-order chi connectivity index (χ0) is 12.0. The van der Waals surface area contributed by atoms with Crippen LogP contribution in [0.25, 0.3) is 0 Å². The van der Waals surface area contributed by atoms with Crippen LogP contribution in [0, 0.1) is 12.8 Å². The summed E-state index contributed by atoms with van der Waals surface area (Å²) in [6, 6.07) is 8.12. The maximum Gasteiger partial charge on any atom is 0.0662 e. The van der Waals surface area contributed by atoms with E-state index in [2.05, 4.69) is 36.8 Å². The average Bonchev–Trinajstić information content (AvgIpc) is 2.21. The Morgan fingerprint density at radius 2 is 2.00 bits per heavy atom. The molecule has 1 rings (SSSR count). The van der Waals surface area contributed by atoms with Gasteiger partial charge in [-0.05, 0) is 31.4 Å². The molecule has 0 radical (unpaired) electrons. The monoisotopic (exact) mass is 216 g/mol. The molecular weight excluding hydrogens is 196 g/mol. The van der Waals surface area contributed by atoms with Crippen molar-refractivity contribution in [2.24, 2.45) is 15.9 Å². The minimum absolute atomic E-state index is 0.600. The zero-order valence-electron chi connectivity index (χ0n) is 10.6. The number of hydrogen-bond acceptors (Lipinski definition) is 2. The summed E-state index contributed by atoms with van der Waals surface area (Å²) in [5.41, 5.74) is 3.17. The molecule has 2 nitrogen and oxygen atoms in total. The Morgan fingerprint density at radius 1 is 1.31 bits per heavy atom. The topological polar surface area (TPSA) is 24.7 Å². The third-order valence-corrected chi connectivity index (χ3v) is 2.16. The van der Waals surface area contributed by atoms with E-state index < -0.39 is 0 Å². The van der Waals surface area contributed by atoms with Crippen LogP contribution in [0.15, 0.2) is 34.3 Å². The number of aryl methyl sites for hydroxylation is 1. The molecule has 0 heterocycles. The van der Waals surface area contributed by atoms with Gasteiger partial charge in [-0.2, -0.15) is 0 Å². The van der Waals surface area contributed by atoms with Gasteiger partial charge < -0.3 is 0 Å². The first-order valence-corrected chi connectivity index (χ1v) is 5.70. The lowest BCUT2D eigenvalue weighted by atomic mass is 10.2. The Kier molecular flexibility index (Phi) is 4.90. The minimum Gasteiger partial charge on any atom is -0.291 e. The molecule has 0 N–H and O–H groups in total. The predicted molar refractivity (Wildman–Crippen MR) is 72.1 cm³/mol. The fourth-order valence-corrected chi connectivity index (χ4v) is 1.30. The van der Waals surface area contributed by atoms with Gasteiger partial charge in [0.05, 0.1) is 11.4 Å². The van der Waals surface area contributed by atoms with E-state index in [0.717, 1.165) is 17.9 Å². The Morgan fingerprint density at radius 3 is 2.62 bits per heavy atom. The van der Waals surface area contributed by atoms with E-state index >= 15 is 0 Å². The molecule has 1 aromatic rings. The Bertz CT molecular complexity index is 389. The maximum atomic E-state index is 4.52. The number of aliphatic imine (C=N–C) groups is 2. The SMILES string of the molecule is CC(C=NCC(C)C)=Nc1ccccc1C. The molecule has 0 aromatic heterocycles. The van der Waals surface area contributed by atoms with Crippen LogP contribution < -0.4 is 0 Å². The summed E-state index contributed by atoms with van der Waals surface area (Å²) in [6.45, 7) is 9.23. The van der Waals surface area contributed by atoms with Crippen LogP contribution in [-0.4, -0.2) is 18.5 Å². The van der Waals surface area contributed by atoms with Gasteiger partial charge in [-0.25, -0.2) is 0 Å². The summed E-state index contributed by atoms with van der Waals surface area (Å²) in [6.07, 6.45) is 1.85. The zero-order valence-corrected chi connectivity index (χ0v) is 10.6. The molecule has 0 amide bonds. The highest BCUT2D eigenvalue weighted by molar-refractivity contribution is 6.30. The second-order valence-electron chi connectivity index (χ2n) is 4.43. The van der Waals surface area contributed by atoms with Gasteiger partial charge in [0, 0.05) is 12.8 Å². The first kappa shape index (κ1) is 12.6. The molecule has 1 aromatic carbocycles. The number of para-hydroxylation sites is 1. The molecule has 0 fully saturated rings. The van der Waals surface area contributed by atoms with Gasteiger partial charge in [-0.1, -0.05) is 32.0 Å². The number of rotatable bonds is 4. The predicted octanol–water partition coefficient (Wildman–Crippen LogP) is 3.81. The third kappa shape index (κ3) is 4.39. The summed E-state index contributed by atoms with van der Waals surface area (Å²) in [5.74, 6) is 0.600. The van der Waals surface area contributed by atoms with Crippen LogP contribution in [-0.2, 0) is 0 Å². The Balaban J connectivity index is 2.70. The van der Waals surface area contributed by atoms with Crippen LogP contribution in [0.2, 0.25) is 0 Å². The molecule has 0 atom stereocenters. The van der Waals surface area contributed by atoms with Crippen molar-refractivity contribution in [2.45, 2.75) is 27.7 Å². The van der Waals surface area contributed by atoms with Gasteiger partial charge in [0.2, 0.25) is 0 Å². The van der Waals surface area contributed by atoms with Crippen LogP contribution in [0.3, 0.4) is 0 Å². The lowest BCUT2D eigenvalue weighted by molar-refractivity contribution is 0.667. The fourth-order valence-electron chi connectivity index (χ4n) is 1.30. The summed E-state index contributed by atoms with van der Waals surface area (Å²) in [7, 11) is 0. The molecular formula is C14H20N2. The van der Waals surface area contributed by atoms with Gasteiger partial charge in [0.25, 0.3) is 0 Å². The van der Waals surface area contributed by atoms with Gasteiger partial charge in [0.1, 0.15) is 0 Å². The van der Waals surface area contributed by atoms with E-state index in [1.807, 2.05) is 31.3 Å². The van der Waals surface area contributed by atoms with Crippen LogP contribution in [0.5, 0.6) is 0 Å². The average molecular weight is 216 g/mol. The van der Waals surface area contributed by atoms with Gasteiger partial charge in [0.15, 0.2) is 0 Å². The van der Waals surface area contributed by atoms with E-state index in [4.69, 9.17) is 0 Å². The van der Waals surface area contributed by atoms with Crippen molar-refractivity contribution in [3.05, 3.63) is 29.8 Å². The molecule has 0 unspecified atom stereocenters. The van der Waals surface area contributed by atoms with Crippen molar-refractivity contribution >= 4 is 17.6 Å². The Hall–Kier alpha value is -1.44. The van der Waals surface area contributed by atoms with Crippen molar-refractivity contribution in [1.82, 2.24) is 0 Å². The highest BCUT2D eigenvalue weighted by Crippen LogP contribution is 2.16. The standard InChI is InChI=1S/C14H20N2/c1-11(2)9-15-10-13(4)16-14-8-6-5-7-12(14)3/h5-8,10-11H,9H2,1-4H3. The van der Waals surface area contributed by atoms with Crippen LogP contribution in [0.4, 0.5) is 5.69 Å². The molecule has 2 heteroatoms. The van der Waals surface area contributed by atoms with Gasteiger partial charge >= 0.3 is 0 Å². The highest BCUT2D eigenvalue weighted by atomic mass is 14.8. The first-order chi connectivity index (χ1) is 7.59. The van der Waals surface area contributed by atoms with Crippen molar-refractivity contribution in [3.63, 3.8) is 0 Å². The number of hydrogen-bond donors (Lipinski definition) is 0. The second-order valence-corrected chi connectivity index (χ2v) is 4.43. The first-order valence-electron chi connectivity index (χ1n) is 5.70. The lowest BCUT2D eigenvalue weighted by Gasteiger charge is -2.00. The van der Waals surface area contributed by atoms with Crippen molar-refractivity contribution in [3.8, 4) is 0 Å². The summed E-state index contributed by atoms with van der Waals surface area (Å²) in [5, 5.41) is 0. The molecule has 16 heavy (non-hydrogen) atoms. The Labute approximate surface area is 98.1 Å². The lowest BCUT2D eigenvalue weighted by Crippen LogP contribution is -1.97. The summed E-state index contributed by atoms with van der Waals surface area (Å²) < 4.78 is 0. The molecule has 0 saturated carbocycles. The van der Waals surface area contributed by atoms with E-state index in [0.29, 0.717) is 5.92 Å². The second kappa shape index (κ2) is 6.21. The van der Waals surface area contributed by atoms with E-state index in [9.17, 15) is 0 Å². The van der Waals surface area contributed by atoms with E-state index in [1.165, 1.54) is 5.56 Å². The quantitative estimate of drug-likeness (QED) is 0.684. The normalized spacial score (nSPS) is 12.7. The fraction of sp³-hybridized carbons (Fsp3) is 0.429. The molecule has 0 aliphatic heterocycles. The number of nitrogens with zero attached hydrogens (tertiary/aromatic N) is 2. The van der Waals surface area contributed by atoms with E-state index in [-0.39, 0.29) is 0 Å². The number of benzene rings is 1. The maximum absolute atomic E-state index is 4.52. The molecule has 0 aliphatic carbocycles.